The Balaban J connectivity index is 2.20. The third-order valence-electron chi connectivity index (χ3n) is 2.24. The molecular formula is C14H10N4. The number of benzene rings is 1. The molecule has 0 atom stereocenters. The Morgan fingerprint density at radius 3 is 2.67 bits per heavy atom. The predicted octanol–water partition coefficient (Wildman–Crippen LogP) is 3.29. The molecule has 0 saturated heterocycles. The normalized spacial score (nSPS) is 8.89. The zero-order valence-corrected chi connectivity index (χ0v) is 9.61. The molecule has 0 aliphatic carbocycles. The van der Waals surface area contributed by atoms with Gasteiger partial charge in [-0.15, -0.1) is 0 Å². The number of rotatable bonds is 2. The Morgan fingerprint density at radius 2 is 1.89 bits per heavy atom. The minimum Gasteiger partial charge on any atom is -0.263 e. The molecule has 1 aromatic heterocycles. The molecule has 0 saturated carbocycles. The van der Waals surface area contributed by atoms with Gasteiger partial charge in [0.2, 0.25) is 0 Å². The van der Waals surface area contributed by atoms with E-state index >= 15 is 0 Å². The average Bonchev–Trinajstić information content (AvgIpc) is 2.44. The van der Waals surface area contributed by atoms with Gasteiger partial charge in [0.05, 0.1) is 6.54 Å². The van der Waals surface area contributed by atoms with E-state index in [4.69, 9.17) is 5.53 Å². The average molecular weight is 234 g/mol. The molecule has 0 aliphatic rings. The van der Waals surface area contributed by atoms with E-state index in [9.17, 15) is 0 Å². The zero-order valence-electron chi connectivity index (χ0n) is 9.61. The summed E-state index contributed by atoms with van der Waals surface area (Å²) in [5.41, 5.74) is 10.9. The summed E-state index contributed by atoms with van der Waals surface area (Å²) in [4.78, 5) is 6.78. The molecule has 4 heteroatoms. The second-order valence-electron chi connectivity index (χ2n) is 3.59. The minimum absolute atomic E-state index is 0.296. The molecule has 1 heterocycles. The van der Waals surface area contributed by atoms with Crippen molar-refractivity contribution < 1.29 is 0 Å². The molecule has 0 fully saturated rings. The number of aromatic nitrogens is 1. The standard InChI is InChI=1S/C14H10N4/c15-18-17-11-14-8-13(9-16-10-14)7-6-12-4-2-1-3-5-12/h1-5,8-10H,11H2. The lowest BCUT2D eigenvalue weighted by Gasteiger charge is -1.95. The third kappa shape index (κ3) is 3.38. The Bertz CT molecular complexity index is 632. The van der Waals surface area contributed by atoms with Crippen LogP contribution in [0.1, 0.15) is 16.7 Å². The van der Waals surface area contributed by atoms with Crippen LogP contribution in [0.2, 0.25) is 0 Å². The predicted molar refractivity (Wildman–Crippen MR) is 69.5 cm³/mol. The quantitative estimate of drug-likeness (QED) is 0.340. The maximum absolute atomic E-state index is 8.26. The van der Waals surface area contributed by atoms with Gasteiger partial charge in [-0.25, -0.2) is 0 Å². The molecular weight excluding hydrogens is 224 g/mol. The van der Waals surface area contributed by atoms with Gasteiger partial charge < -0.3 is 0 Å². The monoisotopic (exact) mass is 234 g/mol. The molecule has 0 unspecified atom stereocenters. The molecule has 2 aromatic rings. The first-order valence-electron chi connectivity index (χ1n) is 5.40. The highest BCUT2D eigenvalue weighted by Crippen LogP contribution is 2.04. The van der Waals surface area contributed by atoms with E-state index in [1.165, 1.54) is 0 Å². The van der Waals surface area contributed by atoms with Gasteiger partial charge in [-0.05, 0) is 29.3 Å². The van der Waals surface area contributed by atoms with Crippen LogP contribution in [0.5, 0.6) is 0 Å². The van der Waals surface area contributed by atoms with Crippen molar-refractivity contribution in [3.05, 3.63) is 75.9 Å². The van der Waals surface area contributed by atoms with Crippen molar-refractivity contribution in [3.8, 4) is 11.8 Å². The number of hydrogen-bond acceptors (Lipinski definition) is 2. The van der Waals surface area contributed by atoms with Crippen LogP contribution < -0.4 is 0 Å². The highest BCUT2D eigenvalue weighted by molar-refractivity contribution is 5.42. The van der Waals surface area contributed by atoms with Gasteiger partial charge in [0.25, 0.3) is 0 Å². The van der Waals surface area contributed by atoms with Crippen LogP contribution in [0.4, 0.5) is 0 Å². The molecule has 0 spiro atoms. The molecule has 86 valence electrons. The van der Waals surface area contributed by atoms with Crippen molar-refractivity contribution >= 4 is 0 Å². The van der Waals surface area contributed by atoms with E-state index in [1.54, 1.807) is 12.4 Å². The first kappa shape index (κ1) is 11.7. The zero-order chi connectivity index (χ0) is 12.6. The highest BCUT2D eigenvalue weighted by Gasteiger charge is 1.93. The van der Waals surface area contributed by atoms with Crippen LogP contribution >= 0.6 is 0 Å². The van der Waals surface area contributed by atoms with Crippen molar-refractivity contribution in [2.24, 2.45) is 5.11 Å². The van der Waals surface area contributed by atoms with Crippen molar-refractivity contribution in [2.45, 2.75) is 6.54 Å². The summed E-state index contributed by atoms with van der Waals surface area (Å²) in [7, 11) is 0. The summed E-state index contributed by atoms with van der Waals surface area (Å²) < 4.78 is 0. The van der Waals surface area contributed by atoms with Gasteiger partial charge in [0.1, 0.15) is 0 Å². The lowest BCUT2D eigenvalue weighted by molar-refractivity contribution is 1.03. The number of nitrogens with zero attached hydrogens (tertiary/aromatic N) is 4. The Labute approximate surface area is 105 Å². The topological polar surface area (TPSA) is 61.7 Å². The Kier molecular flexibility index (Phi) is 3.97. The van der Waals surface area contributed by atoms with Crippen LogP contribution in [0.15, 0.2) is 53.9 Å². The lowest BCUT2D eigenvalue weighted by atomic mass is 10.2. The largest absolute Gasteiger partial charge is 0.263 e. The van der Waals surface area contributed by atoms with Crippen LogP contribution in [0, 0.1) is 11.8 Å². The summed E-state index contributed by atoms with van der Waals surface area (Å²) in [6, 6.07) is 11.6. The number of azide groups is 1. The van der Waals surface area contributed by atoms with E-state index in [1.807, 2.05) is 36.4 Å². The van der Waals surface area contributed by atoms with Gasteiger partial charge in [0, 0.05) is 28.4 Å². The SMILES string of the molecule is [N-]=[N+]=NCc1cncc(C#Cc2ccccc2)c1. The number of pyridine rings is 1. The van der Waals surface area contributed by atoms with Crippen molar-refractivity contribution in [1.82, 2.24) is 4.98 Å². The molecule has 2 rings (SSSR count). The molecule has 4 nitrogen and oxygen atoms in total. The van der Waals surface area contributed by atoms with Gasteiger partial charge in [-0.1, -0.05) is 35.2 Å². The van der Waals surface area contributed by atoms with E-state index in [0.29, 0.717) is 6.54 Å². The third-order valence-corrected chi connectivity index (χ3v) is 2.24. The Hall–Kier alpha value is -2.76. The first-order chi connectivity index (χ1) is 8.88. The summed E-state index contributed by atoms with van der Waals surface area (Å²) in [5, 5.41) is 3.49. The molecule has 0 amide bonds. The fourth-order valence-corrected chi connectivity index (χ4v) is 1.42. The van der Waals surface area contributed by atoms with E-state index in [-0.39, 0.29) is 0 Å². The van der Waals surface area contributed by atoms with Crippen LogP contribution in [-0.4, -0.2) is 4.98 Å². The van der Waals surface area contributed by atoms with Gasteiger partial charge in [0.15, 0.2) is 0 Å². The maximum atomic E-state index is 8.26. The summed E-state index contributed by atoms with van der Waals surface area (Å²) in [5.74, 6) is 6.08. The van der Waals surface area contributed by atoms with Gasteiger partial charge in [-0.3, -0.25) is 4.98 Å². The summed E-state index contributed by atoms with van der Waals surface area (Å²) in [6.45, 7) is 0.296. The van der Waals surface area contributed by atoms with E-state index in [0.717, 1.165) is 16.7 Å². The summed E-state index contributed by atoms with van der Waals surface area (Å²) >= 11 is 0. The van der Waals surface area contributed by atoms with Gasteiger partial charge in [-0.2, -0.15) is 0 Å². The van der Waals surface area contributed by atoms with Crippen molar-refractivity contribution in [3.63, 3.8) is 0 Å². The minimum atomic E-state index is 0.296. The van der Waals surface area contributed by atoms with Gasteiger partial charge >= 0.3 is 0 Å². The molecule has 0 N–H and O–H groups in total. The van der Waals surface area contributed by atoms with Crippen LogP contribution in [0.25, 0.3) is 10.4 Å². The fourth-order valence-electron chi connectivity index (χ4n) is 1.42. The second-order valence-corrected chi connectivity index (χ2v) is 3.59. The van der Waals surface area contributed by atoms with E-state index in [2.05, 4.69) is 26.9 Å². The first-order valence-corrected chi connectivity index (χ1v) is 5.40. The second kappa shape index (κ2) is 6.09. The van der Waals surface area contributed by atoms with E-state index < -0.39 is 0 Å². The molecule has 0 aliphatic heterocycles. The smallest absolute Gasteiger partial charge is 0.0526 e. The molecule has 0 radical (unpaired) electrons. The summed E-state index contributed by atoms with van der Waals surface area (Å²) in [6.07, 6.45) is 3.36. The van der Waals surface area contributed by atoms with Crippen molar-refractivity contribution in [1.29, 1.82) is 0 Å². The number of hydrogen-bond donors (Lipinski definition) is 0. The maximum Gasteiger partial charge on any atom is 0.0526 e. The molecule has 1 aromatic carbocycles. The van der Waals surface area contributed by atoms with Crippen LogP contribution in [0.3, 0.4) is 0 Å². The Morgan fingerprint density at radius 1 is 1.11 bits per heavy atom. The van der Waals surface area contributed by atoms with Crippen LogP contribution in [-0.2, 0) is 6.54 Å². The lowest BCUT2D eigenvalue weighted by Crippen LogP contribution is -1.85. The fraction of sp³-hybridized carbons (Fsp3) is 0.0714. The molecule has 18 heavy (non-hydrogen) atoms. The molecule has 0 bridgehead atoms. The highest BCUT2D eigenvalue weighted by atomic mass is 15.1. The van der Waals surface area contributed by atoms with Crippen molar-refractivity contribution in [2.75, 3.05) is 0 Å².